The second kappa shape index (κ2) is 24.7. The lowest BCUT2D eigenvalue weighted by atomic mass is 9.99. The maximum absolute atomic E-state index is 13.5. The number of nitrogens with two attached hydrogens (primary N) is 2. The second-order valence-electron chi connectivity index (χ2n) is 16.0. The van der Waals surface area contributed by atoms with Crippen LogP contribution in [-0.4, -0.2) is 146 Å². The largest absolute Gasteiger partial charge is 0.497 e. The summed E-state index contributed by atoms with van der Waals surface area (Å²) in [7, 11) is 1.48. The first-order valence-corrected chi connectivity index (χ1v) is 20.7. The molecule has 0 saturated carbocycles. The van der Waals surface area contributed by atoms with Crippen LogP contribution in [0.2, 0.25) is 0 Å². The normalized spacial score (nSPS) is 19.5. The van der Waals surface area contributed by atoms with Crippen molar-refractivity contribution in [2.45, 2.75) is 115 Å². The molecule has 4 amide bonds. The molecule has 1 fully saturated rings. The van der Waals surface area contributed by atoms with E-state index in [-0.39, 0.29) is 63.7 Å². The average Bonchev–Trinajstić information content (AvgIpc) is 3.52. The van der Waals surface area contributed by atoms with Gasteiger partial charge in [-0.2, -0.15) is 0 Å². The van der Waals surface area contributed by atoms with E-state index in [4.69, 9.17) is 20.9 Å². The van der Waals surface area contributed by atoms with E-state index >= 15 is 0 Å². The minimum Gasteiger partial charge on any atom is -0.497 e. The Bertz CT molecular complexity index is 2040. The number of ether oxygens (including phenoxy) is 2. The van der Waals surface area contributed by atoms with Crippen LogP contribution in [0, 0.1) is 11.8 Å². The number of benzene rings is 1. The number of nitrogens with zero attached hydrogens (tertiary/aromatic N) is 3. The van der Waals surface area contributed by atoms with Gasteiger partial charge in [0.15, 0.2) is 12.2 Å². The molecule has 64 heavy (non-hydrogen) atoms. The lowest BCUT2D eigenvalue weighted by molar-refractivity contribution is -0.149. The molecule has 3 rings (SSSR count). The topological polar surface area (TPSA) is 374 Å². The SMILES string of the molecule is COc1ccc(Cn2c(=O)ccn([C@@H]3OC([C@H](O)[C@H](NCCCNC(=O)[C@@H](CC(C)C)NC(=O)[C@H](CCCN=C(N)N)NC(=O)N[C@H](C(=O)O)C(C)C)C(=O)O)[C@@H](O)[C@H]3O)c2=O)cc1. The third kappa shape index (κ3) is 15.0. The Morgan fingerprint density at radius 3 is 2.09 bits per heavy atom. The van der Waals surface area contributed by atoms with E-state index < -0.39 is 102 Å². The highest BCUT2D eigenvalue weighted by atomic mass is 16.6. The number of methoxy groups -OCH3 is 1. The van der Waals surface area contributed by atoms with Crippen molar-refractivity contribution in [2.75, 3.05) is 26.7 Å². The van der Waals surface area contributed by atoms with Gasteiger partial charge in [-0.1, -0.05) is 39.8 Å². The van der Waals surface area contributed by atoms with Gasteiger partial charge in [-0.3, -0.25) is 33.3 Å². The summed E-state index contributed by atoms with van der Waals surface area (Å²) in [5.74, 6) is -4.35. The molecular weight excluding hydrogens is 844 g/mol. The van der Waals surface area contributed by atoms with Gasteiger partial charge in [0.25, 0.3) is 5.56 Å². The number of aliphatic imine (C=N–C) groups is 1. The number of carbonyl (C=O) groups excluding carboxylic acids is 3. The van der Waals surface area contributed by atoms with Gasteiger partial charge < -0.3 is 73.1 Å². The number of aliphatic hydroxyl groups excluding tert-OH is 3. The predicted octanol–water partition coefficient (Wildman–Crippen LogP) is -3.04. The Hall–Kier alpha value is -6.08. The Morgan fingerprint density at radius 2 is 1.52 bits per heavy atom. The molecule has 2 heterocycles. The van der Waals surface area contributed by atoms with Crippen molar-refractivity contribution >= 4 is 35.7 Å². The number of urea groups is 1. The van der Waals surface area contributed by atoms with Crippen LogP contribution in [-0.2, 0) is 30.5 Å². The number of hydrogen-bond acceptors (Lipinski definition) is 14. The van der Waals surface area contributed by atoms with Crippen molar-refractivity contribution in [1.82, 2.24) is 35.7 Å². The zero-order chi connectivity index (χ0) is 47.8. The molecule has 1 aliphatic rings. The number of hydrogen-bond donors (Lipinski definition) is 12. The molecule has 1 aromatic carbocycles. The van der Waals surface area contributed by atoms with Gasteiger partial charge in [-0.15, -0.1) is 0 Å². The van der Waals surface area contributed by atoms with E-state index in [2.05, 4.69) is 31.6 Å². The van der Waals surface area contributed by atoms with Crippen molar-refractivity contribution < 1.29 is 59.0 Å². The Labute approximate surface area is 368 Å². The Balaban J connectivity index is 1.63. The summed E-state index contributed by atoms with van der Waals surface area (Å²) in [6.07, 6.45) is -7.40. The van der Waals surface area contributed by atoms with Gasteiger partial charge in [0, 0.05) is 25.4 Å². The van der Waals surface area contributed by atoms with Crippen LogP contribution in [0.25, 0.3) is 0 Å². The zero-order valence-corrected chi connectivity index (χ0v) is 36.4. The maximum atomic E-state index is 13.5. The lowest BCUT2D eigenvalue weighted by Gasteiger charge is -2.27. The number of rotatable bonds is 25. The molecule has 0 spiro atoms. The molecule has 1 saturated heterocycles. The molecule has 1 aliphatic heterocycles. The summed E-state index contributed by atoms with van der Waals surface area (Å²) in [4.78, 5) is 93.6. The summed E-state index contributed by atoms with van der Waals surface area (Å²) >= 11 is 0. The van der Waals surface area contributed by atoms with Crippen molar-refractivity contribution in [3.63, 3.8) is 0 Å². The number of guanidine groups is 1. The molecule has 1 aromatic heterocycles. The standard InChI is InChI=1S/C40H62N10O14/c1-20(2)18-25(46-34(56)24(8-6-14-45-38(41)42)47-39(61)48-27(21(3)4)36(57)58)33(55)44-16-7-15-43-28(37(59)60)29(52)32-30(53)31(54)35(64-32)49-17-13-26(51)50(40(49)62)19-22-9-11-23(63-5)12-10-22/h9-13,17,20-21,24-25,27-32,35,43,52-54H,6-8,14-16,18-19H2,1-5H3,(H,44,55)(H,46,56)(H,57,58)(H,59,60)(H4,41,42,45)(H2,47,48,61)/t24-,25+,27-,28-,29+,30-,31+,32?,35+/m0/s1. The first kappa shape index (κ1) is 52.3. The summed E-state index contributed by atoms with van der Waals surface area (Å²) < 4.78 is 12.6. The number of carboxylic acid groups (broad SMARTS) is 2. The van der Waals surface area contributed by atoms with E-state index in [1.165, 1.54) is 7.11 Å². The molecule has 0 bridgehead atoms. The smallest absolute Gasteiger partial charge is 0.333 e. The van der Waals surface area contributed by atoms with Crippen molar-refractivity contribution in [1.29, 1.82) is 0 Å². The molecule has 0 aliphatic carbocycles. The molecule has 2 aromatic rings. The molecule has 24 nitrogen and oxygen atoms in total. The maximum Gasteiger partial charge on any atom is 0.333 e. The number of carboxylic acids is 2. The summed E-state index contributed by atoms with van der Waals surface area (Å²) in [6, 6.07) is 1.38. The first-order valence-electron chi connectivity index (χ1n) is 20.7. The van der Waals surface area contributed by atoms with Gasteiger partial charge in [-0.05, 0) is 61.8 Å². The van der Waals surface area contributed by atoms with Crippen LogP contribution in [0.5, 0.6) is 5.75 Å². The minimum atomic E-state index is -1.98. The van der Waals surface area contributed by atoms with E-state index in [9.17, 15) is 59.1 Å². The third-order valence-electron chi connectivity index (χ3n) is 10.2. The number of amides is 4. The Kier molecular flexibility index (Phi) is 20.2. The van der Waals surface area contributed by atoms with Gasteiger partial charge in [0.1, 0.15) is 54.3 Å². The molecule has 24 heteroatoms. The van der Waals surface area contributed by atoms with Crippen molar-refractivity contribution in [3.8, 4) is 5.75 Å². The fourth-order valence-corrected chi connectivity index (χ4v) is 6.81. The Morgan fingerprint density at radius 1 is 0.859 bits per heavy atom. The summed E-state index contributed by atoms with van der Waals surface area (Å²) in [5.41, 5.74) is 9.77. The van der Waals surface area contributed by atoms with Crippen LogP contribution in [0.3, 0.4) is 0 Å². The van der Waals surface area contributed by atoms with Crippen molar-refractivity contribution in [2.24, 2.45) is 28.3 Å². The monoisotopic (exact) mass is 906 g/mol. The summed E-state index contributed by atoms with van der Waals surface area (Å²) in [5, 5.41) is 65.1. The molecular formula is C40H62N10O14. The molecule has 0 radical (unpaired) electrons. The van der Waals surface area contributed by atoms with E-state index in [1.54, 1.807) is 38.1 Å². The minimum absolute atomic E-state index is 0.0225. The predicted molar refractivity (Wildman–Crippen MR) is 229 cm³/mol. The quantitative estimate of drug-likeness (QED) is 0.0268. The first-order chi connectivity index (χ1) is 30.2. The van der Waals surface area contributed by atoms with Crippen LogP contribution in [0.1, 0.15) is 65.2 Å². The van der Waals surface area contributed by atoms with Crippen LogP contribution < -0.4 is 54.0 Å². The highest BCUT2D eigenvalue weighted by Crippen LogP contribution is 2.31. The summed E-state index contributed by atoms with van der Waals surface area (Å²) in [6.45, 7) is 6.64. The number of carbonyl (C=O) groups is 5. The van der Waals surface area contributed by atoms with E-state index in [0.717, 1.165) is 21.4 Å². The van der Waals surface area contributed by atoms with Gasteiger partial charge in [-0.25, -0.2) is 14.4 Å². The molecule has 1 unspecified atom stereocenters. The average molecular weight is 907 g/mol. The second-order valence-corrected chi connectivity index (χ2v) is 16.0. The fourth-order valence-electron chi connectivity index (χ4n) is 6.81. The van der Waals surface area contributed by atoms with Gasteiger partial charge in [0.05, 0.1) is 13.7 Å². The number of nitrogens with one attached hydrogen (secondary N) is 5. The van der Waals surface area contributed by atoms with Gasteiger partial charge >= 0.3 is 23.7 Å². The molecule has 9 atom stereocenters. The highest BCUT2D eigenvalue weighted by Gasteiger charge is 2.50. The van der Waals surface area contributed by atoms with Crippen LogP contribution in [0.15, 0.2) is 51.1 Å². The zero-order valence-electron chi connectivity index (χ0n) is 36.4. The highest BCUT2D eigenvalue weighted by molar-refractivity contribution is 5.92. The van der Waals surface area contributed by atoms with E-state index in [1.807, 2.05) is 13.8 Å². The number of aromatic nitrogens is 2. The third-order valence-corrected chi connectivity index (χ3v) is 10.2. The van der Waals surface area contributed by atoms with Crippen LogP contribution in [0.4, 0.5) is 4.79 Å². The fraction of sp³-hybridized carbons (Fsp3) is 0.600. The lowest BCUT2D eigenvalue weighted by Crippen LogP contribution is -2.57. The molecule has 14 N–H and O–H groups in total. The van der Waals surface area contributed by atoms with Crippen molar-refractivity contribution in [3.05, 3.63) is 62.9 Å². The molecule has 356 valence electrons. The number of aliphatic hydroxyl groups is 3. The van der Waals surface area contributed by atoms with E-state index in [0.29, 0.717) is 11.3 Å². The van der Waals surface area contributed by atoms with Gasteiger partial charge in [0.2, 0.25) is 11.8 Å². The number of aliphatic carboxylic acids is 2. The van der Waals surface area contributed by atoms with Crippen LogP contribution >= 0.6 is 0 Å².